The normalized spacial score (nSPS) is 14.5. The third-order valence-corrected chi connectivity index (χ3v) is 6.46. The summed E-state index contributed by atoms with van der Waals surface area (Å²) in [6.45, 7) is 1.04. The predicted molar refractivity (Wildman–Crippen MR) is 107 cm³/mol. The molecule has 28 heavy (non-hydrogen) atoms. The Morgan fingerprint density at radius 2 is 1.86 bits per heavy atom. The number of hydrogen-bond acceptors (Lipinski definition) is 4. The molecule has 0 bridgehead atoms. The lowest BCUT2D eigenvalue weighted by molar-refractivity contribution is -0.117. The van der Waals surface area contributed by atoms with Crippen molar-refractivity contribution in [3.05, 3.63) is 59.7 Å². The second kappa shape index (κ2) is 8.12. The summed E-state index contributed by atoms with van der Waals surface area (Å²) in [5.41, 5.74) is 2.03. The van der Waals surface area contributed by atoms with Gasteiger partial charge in [-0.05, 0) is 42.3 Å². The number of amides is 2. The average molecular weight is 401 g/mol. The zero-order chi connectivity index (χ0) is 20.3. The quantitative estimate of drug-likeness (QED) is 0.802. The highest BCUT2D eigenvalue weighted by Gasteiger charge is 2.21. The van der Waals surface area contributed by atoms with Crippen LogP contribution in [0.3, 0.4) is 0 Å². The van der Waals surface area contributed by atoms with Crippen LogP contribution in [-0.2, 0) is 21.4 Å². The molecule has 1 aliphatic heterocycles. The number of hydrogen-bond donors (Lipinski definition) is 1. The molecule has 2 aromatic carbocycles. The van der Waals surface area contributed by atoms with Crippen LogP contribution in [0.25, 0.3) is 0 Å². The van der Waals surface area contributed by atoms with Crippen molar-refractivity contribution in [2.45, 2.75) is 24.3 Å². The molecule has 0 saturated carbocycles. The van der Waals surface area contributed by atoms with Crippen LogP contribution >= 0.6 is 0 Å². The molecule has 8 heteroatoms. The highest BCUT2D eigenvalue weighted by Crippen LogP contribution is 2.21. The number of carbonyl (C=O) groups is 2. The molecule has 0 aliphatic carbocycles. The lowest BCUT2D eigenvalue weighted by Crippen LogP contribution is -2.25. The van der Waals surface area contributed by atoms with Gasteiger partial charge in [0.2, 0.25) is 15.9 Å². The van der Waals surface area contributed by atoms with Crippen molar-refractivity contribution in [3.8, 4) is 0 Å². The first-order valence-electron chi connectivity index (χ1n) is 8.99. The van der Waals surface area contributed by atoms with E-state index in [1.165, 1.54) is 26.2 Å². The zero-order valence-electron chi connectivity index (χ0n) is 15.9. The van der Waals surface area contributed by atoms with Crippen LogP contribution in [0.15, 0.2) is 53.4 Å². The van der Waals surface area contributed by atoms with Crippen LogP contribution < -0.4 is 10.2 Å². The van der Waals surface area contributed by atoms with Crippen LogP contribution in [0.1, 0.15) is 28.8 Å². The Kier molecular flexibility index (Phi) is 5.81. The predicted octanol–water partition coefficient (Wildman–Crippen LogP) is 1.99. The standard InChI is InChI=1S/C20H23N3O4S/c1-22(2)28(26,27)18-6-3-5-16(13-18)20(25)21-14-15-8-10-17(11-9-15)23-12-4-7-19(23)24/h3,5-6,8-11,13H,4,7,12,14H2,1-2H3,(H,21,25). The highest BCUT2D eigenvalue weighted by atomic mass is 32.2. The van der Waals surface area contributed by atoms with Gasteiger partial charge < -0.3 is 10.2 Å². The van der Waals surface area contributed by atoms with Crippen molar-refractivity contribution in [1.29, 1.82) is 0 Å². The van der Waals surface area contributed by atoms with Crippen molar-refractivity contribution in [3.63, 3.8) is 0 Å². The fraction of sp³-hybridized carbons (Fsp3) is 0.300. The molecule has 0 unspecified atom stereocenters. The molecular weight excluding hydrogens is 378 g/mol. The molecule has 2 amide bonds. The van der Waals surface area contributed by atoms with Gasteiger partial charge in [0.15, 0.2) is 0 Å². The van der Waals surface area contributed by atoms with E-state index in [1.807, 2.05) is 24.3 Å². The Hall–Kier alpha value is -2.71. The molecule has 3 rings (SSSR count). The monoisotopic (exact) mass is 401 g/mol. The first-order chi connectivity index (χ1) is 13.3. The van der Waals surface area contributed by atoms with Crippen molar-refractivity contribution in [2.75, 3.05) is 25.5 Å². The maximum Gasteiger partial charge on any atom is 0.251 e. The van der Waals surface area contributed by atoms with Crippen LogP contribution in [0.4, 0.5) is 5.69 Å². The summed E-state index contributed by atoms with van der Waals surface area (Å²) >= 11 is 0. The molecule has 148 valence electrons. The minimum Gasteiger partial charge on any atom is -0.348 e. The van der Waals surface area contributed by atoms with E-state index in [0.717, 1.165) is 28.5 Å². The van der Waals surface area contributed by atoms with E-state index in [9.17, 15) is 18.0 Å². The molecule has 1 fully saturated rings. The molecule has 0 radical (unpaired) electrons. The summed E-state index contributed by atoms with van der Waals surface area (Å²) in [4.78, 5) is 26.0. The lowest BCUT2D eigenvalue weighted by Gasteiger charge is -2.16. The Morgan fingerprint density at radius 3 is 2.46 bits per heavy atom. The van der Waals surface area contributed by atoms with Gasteiger partial charge in [-0.15, -0.1) is 0 Å². The maximum atomic E-state index is 12.4. The van der Waals surface area contributed by atoms with Crippen LogP contribution in [0.2, 0.25) is 0 Å². The maximum absolute atomic E-state index is 12.4. The minimum atomic E-state index is -3.60. The second-order valence-electron chi connectivity index (χ2n) is 6.81. The highest BCUT2D eigenvalue weighted by molar-refractivity contribution is 7.89. The molecule has 1 saturated heterocycles. The Balaban J connectivity index is 1.65. The number of sulfonamides is 1. The van der Waals surface area contributed by atoms with Gasteiger partial charge in [-0.3, -0.25) is 9.59 Å². The molecule has 1 heterocycles. The summed E-state index contributed by atoms with van der Waals surface area (Å²) in [6.07, 6.45) is 1.46. The molecule has 1 aliphatic rings. The molecule has 1 N–H and O–H groups in total. The Labute approximate surface area is 165 Å². The number of carbonyl (C=O) groups excluding carboxylic acids is 2. The van der Waals surface area contributed by atoms with E-state index in [-0.39, 0.29) is 22.3 Å². The molecule has 0 atom stereocenters. The van der Waals surface area contributed by atoms with Gasteiger partial charge >= 0.3 is 0 Å². The van der Waals surface area contributed by atoms with Gasteiger partial charge in [0.25, 0.3) is 5.91 Å². The van der Waals surface area contributed by atoms with Crippen molar-refractivity contribution in [1.82, 2.24) is 9.62 Å². The van der Waals surface area contributed by atoms with E-state index >= 15 is 0 Å². The second-order valence-corrected chi connectivity index (χ2v) is 8.97. The third kappa shape index (κ3) is 4.23. The fourth-order valence-corrected chi connectivity index (χ4v) is 3.96. The Morgan fingerprint density at radius 1 is 1.14 bits per heavy atom. The number of benzene rings is 2. The molecule has 0 aromatic heterocycles. The fourth-order valence-electron chi connectivity index (χ4n) is 3.01. The van der Waals surface area contributed by atoms with E-state index in [1.54, 1.807) is 17.0 Å². The number of rotatable bonds is 6. The minimum absolute atomic E-state index is 0.0739. The van der Waals surface area contributed by atoms with Crippen LogP contribution in [0.5, 0.6) is 0 Å². The van der Waals surface area contributed by atoms with Crippen molar-refractivity contribution >= 4 is 27.5 Å². The summed E-state index contributed by atoms with van der Waals surface area (Å²) < 4.78 is 25.5. The van der Waals surface area contributed by atoms with Crippen LogP contribution in [-0.4, -0.2) is 45.2 Å². The molecular formula is C20H23N3O4S. The summed E-state index contributed by atoms with van der Waals surface area (Å²) in [5.74, 6) is -0.219. The smallest absolute Gasteiger partial charge is 0.251 e. The summed E-state index contributed by atoms with van der Waals surface area (Å²) in [5, 5.41) is 2.79. The number of anilines is 1. The lowest BCUT2D eigenvalue weighted by atomic mass is 10.1. The van der Waals surface area contributed by atoms with E-state index < -0.39 is 10.0 Å². The first kappa shape index (κ1) is 20.0. The van der Waals surface area contributed by atoms with E-state index in [2.05, 4.69) is 5.32 Å². The topological polar surface area (TPSA) is 86.8 Å². The first-order valence-corrected chi connectivity index (χ1v) is 10.4. The van der Waals surface area contributed by atoms with E-state index in [0.29, 0.717) is 13.0 Å². The average Bonchev–Trinajstić information content (AvgIpc) is 3.12. The third-order valence-electron chi connectivity index (χ3n) is 4.65. The van der Waals surface area contributed by atoms with Gasteiger partial charge in [0.1, 0.15) is 0 Å². The largest absolute Gasteiger partial charge is 0.348 e. The Bertz CT molecular complexity index is 985. The number of nitrogens with one attached hydrogen (secondary N) is 1. The van der Waals surface area contributed by atoms with Gasteiger partial charge in [-0.2, -0.15) is 0 Å². The summed E-state index contributed by atoms with van der Waals surface area (Å²) in [7, 11) is -0.705. The van der Waals surface area contributed by atoms with Gasteiger partial charge in [-0.1, -0.05) is 18.2 Å². The molecule has 2 aromatic rings. The van der Waals surface area contributed by atoms with Gasteiger partial charge in [-0.25, -0.2) is 12.7 Å². The van der Waals surface area contributed by atoms with Gasteiger partial charge in [0, 0.05) is 44.9 Å². The molecule has 7 nitrogen and oxygen atoms in total. The van der Waals surface area contributed by atoms with Gasteiger partial charge in [0.05, 0.1) is 4.90 Å². The van der Waals surface area contributed by atoms with Crippen molar-refractivity contribution in [2.24, 2.45) is 0 Å². The van der Waals surface area contributed by atoms with Crippen LogP contribution in [0, 0.1) is 0 Å². The zero-order valence-corrected chi connectivity index (χ0v) is 16.7. The van der Waals surface area contributed by atoms with E-state index in [4.69, 9.17) is 0 Å². The van der Waals surface area contributed by atoms with Crippen molar-refractivity contribution < 1.29 is 18.0 Å². The number of nitrogens with zero attached hydrogens (tertiary/aromatic N) is 2. The summed E-state index contributed by atoms with van der Waals surface area (Å²) in [6, 6.07) is 13.4. The molecule has 0 spiro atoms. The SMILES string of the molecule is CN(C)S(=O)(=O)c1cccc(C(=O)NCc2ccc(N3CCCC3=O)cc2)c1.